The number of nitriles is 1. The molecule has 0 unspecified atom stereocenters. The van der Waals surface area contributed by atoms with Crippen LogP contribution in [-0.4, -0.2) is 27.5 Å². The normalized spacial score (nSPS) is 11.2. The summed E-state index contributed by atoms with van der Waals surface area (Å²) in [6.07, 6.45) is 3.69. The molecule has 0 saturated heterocycles. The van der Waals surface area contributed by atoms with Gasteiger partial charge in [-0.15, -0.1) is 0 Å². The topological polar surface area (TPSA) is 132 Å². The second-order valence-corrected chi connectivity index (χ2v) is 7.02. The van der Waals surface area contributed by atoms with Gasteiger partial charge in [0.15, 0.2) is 0 Å². The maximum atomic E-state index is 12.3. The van der Waals surface area contributed by atoms with Crippen LogP contribution in [0.2, 0.25) is 0 Å². The highest BCUT2D eigenvalue weighted by atomic mass is 79.9. The Labute approximate surface area is 173 Å². The smallest absolute Gasteiger partial charge is 0.312 e. The average Bonchev–Trinajstić information content (AvgIpc) is 3.11. The van der Waals surface area contributed by atoms with Gasteiger partial charge in [-0.2, -0.15) is 5.26 Å². The summed E-state index contributed by atoms with van der Waals surface area (Å²) in [6, 6.07) is 12.1. The van der Waals surface area contributed by atoms with Crippen LogP contribution in [0.15, 0.2) is 52.6 Å². The number of aromatic hydroxyl groups is 1. The Hall–Kier alpha value is -3.64. The molecular weight excluding hydrogens is 440 g/mol. The molecule has 29 heavy (non-hydrogen) atoms. The Bertz CT molecular complexity index is 1180. The molecule has 0 spiro atoms. The summed E-state index contributed by atoms with van der Waals surface area (Å²) in [6.45, 7) is 0.319. The number of nitro benzene ring substituents is 1. The van der Waals surface area contributed by atoms with Crippen molar-refractivity contribution >= 4 is 44.5 Å². The van der Waals surface area contributed by atoms with E-state index in [1.54, 1.807) is 6.07 Å². The molecule has 0 radical (unpaired) electrons. The van der Waals surface area contributed by atoms with Gasteiger partial charge in [0.25, 0.3) is 5.91 Å². The van der Waals surface area contributed by atoms with Gasteiger partial charge in [0.2, 0.25) is 5.75 Å². The molecule has 0 atom stereocenters. The Morgan fingerprint density at radius 2 is 2.14 bits per heavy atom. The Morgan fingerprint density at radius 1 is 1.38 bits per heavy atom. The van der Waals surface area contributed by atoms with Crippen LogP contribution in [0, 0.1) is 21.4 Å². The highest BCUT2D eigenvalue weighted by molar-refractivity contribution is 9.10. The quantitative estimate of drug-likeness (QED) is 0.225. The van der Waals surface area contributed by atoms with E-state index in [9.17, 15) is 25.3 Å². The van der Waals surface area contributed by atoms with Crippen molar-refractivity contribution in [3.05, 3.63) is 73.9 Å². The molecule has 146 valence electrons. The van der Waals surface area contributed by atoms with Crippen LogP contribution < -0.4 is 5.32 Å². The predicted molar refractivity (Wildman–Crippen MR) is 111 cm³/mol. The van der Waals surface area contributed by atoms with Gasteiger partial charge in [0, 0.05) is 29.7 Å². The van der Waals surface area contributed by atoms with Crippen LogP contribution in [0.25, 0.3) is 17.0 Å². The first-order chi connectivity index (χ1) is 13.9. The number of fused-ring (bicyclic) bond motifs is 1. The van der Waals surface area contributed by atoms with E-state index in [-0.39, 0.29) is 15.6 Å². The Balaban J connectivity index is 1.72. The number of aromatic amines is 1. The number of carbonyl (C=O) groups is 1. The number of phenols is 1. The molecule has 8 nitrogen and oxygen atoms in total. The maximum Gasteiger partial charge on any atom is 0.312 e. The number of nitro groups is 1. The summed E-state index contributed by atoms with van der Waals surface area (Å²) < 4.78 is 0.0926. The van der Waals surface area contributed by atoms with Crippen molar-refractivity contribution in [2.75, 3.05) is 6.54 Å². The number of hydrogen-bond donors (Lipinski definition) is 3. The second-order valence-electron chi connectivity index (χ2n) is 6.16. The first kappa shape index (κ1) is 20.1. The third-order valence-electron chi connectivity index (χ3n) is 4.29. The Morgan fingerprint density at radius 3 is 2.86 bits per heavy atom. The lowest BCUT2D eigenvalue weighted by Gasteiger charge is -2.05. The molecular formula is C20H15BrN4O4. The van der Waals surface area contributed by atoms with Crippen LogP contribution in [0.5, 0.6) is 5.75 Å². The number of H-pyrrole nitrogens is 1. The zero-order chi connectivity index (χ0) is 21.0. The number of nitrogens with zero attached hydrogens (tertiary/aromatic N) is 2. The first-order valence-corrected chi connectivity index (χ1v) is 9.32. The molecule has 3 N–H and O–H groups in total. The number of hydrogen-bond acceptors (Lipinski definition) is 5. The minimum atomic E-state index is -0.745. The van der Waals surface area contributed by atoms with Gasteiger partial charge in [0.1, 0.15) is 11.6 Å². The van der Waals surface area contributed by atoms with Crippen LogP contribution >= 0.6 is 15.9 Å². The van der Waals surface area contributed by atoms with Crippen LogP contribution in [0.3, 0.4) is 0 Å². The third kappa shape index (κ3) is 4.44. The van der Waals surface area contributed by atoms with Crippen LogP contribution in [0.1, 0.15) is 11.1 Å². The molecule has 3 aromatic rings. The van der Waals surface area contributed by atoms with E-state index in [1.807, 2.05) is 30.5 Å². The molecule has 0 aliphatic heterocycles. The number of para-hydroxylation sites is 1. The van der Waals surface area contributed by atoms with Gasteiger partial charge in [-0.1, -0.05) is 18.2 Å². The summed E-state index contributed by atoms with van der Waals surface area (Å²) in [5.74, 6) is -1.10. The van der Waals surface area contributed by atoms with Gasteiger partial charge < -0.3 is 15.4 Å². The van der Waals surface area contributed by atoms with Crippen molar-refractivity contribution in [2.24, 2.45) is 0 Å². The molecule has 1 heterocycles. The largest absolute Gasteiger partial charge is 0.501 e. The number of rotatable bonds is 6. The number of amides is 1. The van der Waals surface area contributed by atoms with Crippen molar-refractivity contribution < 1.29 is 14.8 Å². The summed E-state index contributed by atoms with van der Waals surface area (Å²) in [5.41, 5.74) is 1.57. The van der Waals surface area contributed by atoms with Gasteiger partial charge in [-0.3, -0.25) is 14.9 Å². The highest BCUT2D eigenvalue weighted by Gasteiger charge is 2.18. The van der Waals surface area contributed by atoms with Crippen molar-refractivity contribution in [1.82, 2.24) is 10.3 Å². The SMILES string of the molecule is N#C/C(=C/c1cc(Br)c(O)c([N+](=O)[O-])c1)C(=O)NCCc1c[nH]c2ccccc12. The lowest BCUT2D eigenvalue weighted by Crippen LogP contribution is -2.26. The van der Waals surface area contributed by atoms with E-state index in [0.29, 0.717) is 13.0 Å². The summed E-state index contributed by atoms with van der Waals surface area (Å²) in [7, 11) is 0. The summed E-state index contributed by atoms with van der Waals surface area (Å²) in [5, 5.41) is 33.8. The van der Waals surface area contributed by atoms with Crippen molar-refractivity contribution in [3.8, 4) is 11.8 Å². The lowest BCUT2D eigenvalue weighted by molar-refractivity contribution is -0.386. The standard InChI is InChI=1S/C20H15BrN4O4/c21-16-8-12(9-18(19(16)26)25(28)29)7-14(10-22)20(27)23-6-5-13-11-24-17-4-2-1-3-15(13)17/h1-4,7-9,11,24,26H,5-6H2,(H,23,27)/b14-7-. The fourth-order valence-electron chi connectivity index (χ4n) is 2.89. The van der Waals surface area contributed by atoms with Crippen LogP contribution in [-0.2, 0) is 11.2 Å². The number of benzene rings is 2. The zero-order valence-corrected chi connectivity index (χ0v) is 16.6. The van der Waals surface area contributed by atoms with Crippen molar-refractivity contribution in [3.63, 3.8) is 0 Å². The van der Waals surface area contributed by atoms with E-state index >= 15 is 0 Å². The van der Waals surface area contributed by atoms with Crippen molar-refractivity contribution in [1.29, 1.82) is 5.26 Å². The minimum Gasteiger partial charge on any atom is -0.501 e. The van der Waals surface area contributed by atoms with E-state index in [4.69, 9.17) is 0 Å². The van der Waals surface area contributed by atoms with Gasteiger partial charge in [-0.05, 0) is 51.7 Å². The molecule has 0 aliphatic carbocycles. The highest BCUT2D eigenvalue weighted by Crippen LogP contribution is 2.35. The molecule has 3 rings (SSSR count). The molecule has 0 aliphatic rings. The van der Waals surface area contributed by atoms with Crippen molar-refractivity contribution in [2.45, 2.75) is 6.42 Å². The number of phenolic OH excluding ortho intramolecular Hbond substituents is 1. The number of carbonyl (C=O) groups excluding carboxylic acids is 1. The number of aromatic nitrogens is 1. The number of halogens is 1. The van der Waals surface area contributed by atoms with E-state index < -0.39 is 22.3 Å². The fraction of sp³-hybridized carbons (Fsp3) is 0.100. The van der Waals surface area contributed by atoms with E-state index in [2.05, 4.69) is 26.2 Å². The van der Waals surface area contributed by atoms with E-state index in [0.717, 1.165) is 22.5 Å². The molecule has 1 amide bonds. The monoisotopic (exact) mass is 454 g/mol. The summed E-state index contributed by atoms with van der Waals surface area (Å²) in [4.78, 5) is 25.8. The molecule has 0 fully saturated rings. The molecule has 2 aromatic carbocycles. The number of nitrogens with one attached hydrogen (secondary N) is 2. The Kier molecular flexibility index (Phi) is 5.95. The van der Waals surface area contributed by atoms with Gasteiger partial charge >= 0.3 is 5.69 Å². The fourth-order valence-corrected chi connectivity index (χ4v) is 3.35. The first-order valence-electron chi connectivity index (χ1n) is 8.52. The second kappa shape index (κ2) is 8.58. The predicted octanol–water partition coefficient (Wildman–Crippen LogP) is 3.81. The lowest BCUT2D eigenvalue weighted by atomic mass is 10.1. The van der Waals surface area contributed by atoms with Gasteiger partial charge in [0.05, 0.1) is 9.40 Å². The van der Waals surface area contributed by atoms with Gasteiger partial charge in [-0.25, -0.2) is 0 Å². The molecule has 9 heteroatoms. The maximum absolute atomic E-state index is 12.3. The van der Waals surface area contributed by atoms with Crippen LogP contribution in [0.4, 0.5) is 5.69 Å². The minimum absolute atomic E-state index is 0.0926. The molecule has 0 bridgehead atoms. The van der Waals surface area contributed by atoms with E-state index in [1.165, 1.54) is 12.1 Å². The summed E-state index contributed by atoms with van der Waals surface area (Å²) >= 11 is 3.03. The zero-order valence-electron chi connectivity index (χ0n) is 15.0. The molecule has 0 saturated carbocycles. The molecule has 1 aromatic heterocycles. The average molecular weight is 455 g/mol. The third-order valence-corrected chi connectivity index (χ3v) is 4.90.